The van der Waals surface area contributed by atoms with Gasteiger partial charge in [0.25, 0.3) is 0 Å². The van der Waals surface area contributed by atoms with Crippen molar-refractivity contribution in [3.63, 3.8) is 0 Å². The van der Waals surface area contributed by atoms with Crippen molar-refractivity contribution in [3.05, 3.63) is 60.8 Å². The third-order valence-electron chi connectivity index (χ3n) is 12.8. The van der Waals surface area contributed by atoms with Gasteiger partial charge >= 0.3 is 0 Å². The third-order valence-corrected chi connectivity index (χ3v) is 12.8. The third kappa shape index (κ3) is 36.0. The Morgan fingerprint density at radius 3 is 1.39 bits per heavy atom. The maximum absolute atomic E-state index is 13.0. The fraction of sp³-hybridized carbons (Fsp3) is 0.807. The van der Waals surface area contributed by atoms with Crippen LogP contribution in [-0.4, -0.2) is 87.5 Å². The molecule has 6 N–H and O–H groups in total. The summed E-state index contributed by atoms with van der Waals surface area (Å²) in [7, 11) is 0. The zero-order chi connectivity index (χ0) is 48.0. The van der Waals surface area contributed by atoms with E-state index in [-0.39, 0.29) is 12.5 Å². The van der Waals surface area contributed by atoms with Crippen molar-refractivity contribution in [2.45, 2.75) is 281 Å². The number of allylic oxidation sites excluding steroid dienone is 9. The number of rotatable bonds is 46. The lowest BCUT2D eigenvalue weighted by molar-refractivity contribution is -0.302. The highest BCUT2D eigenvalue weighted by Crippen LogP contribution is 2.23. The van der Waals surface area contributed by atoms with Crippen LogP contribution < -0.4 is 5.32 Å². The van der Waals surface area contributed by atoms with Crippen LogP contribution in [0.1, 0.15) is 239 Å². The summed E-state index contributed by atoms with van der Waals surface area (Å²) >= 11 is 0. The molecular weight excluding hydrogens is 827 g/mol. The predicted octanol–water partition coefficient (Wildman–Crippen LogP) is 13.1. The SMILES string of the molecule is CC/C=C\C/C=C\C/C=C\C/C=C\CCCCCCCCCCCCCCCCCCCCCCC(=O)NC(COC1OC(CO)C(O)C(O)C1O)C(O)/C=C/CCCCCCCCCC. The van der Waals surface area contributed by atoms with E-state index < -0.39 is 49.5 Å². The van der Waals surface area contributed by atoms with E-state index in [9.17, 15) is 30.3 Å². The van der Waals surface area contributed by atoms with Crippen molar-refractivity contribution in [1.82, 2.24) is 5.32 Å². The molecule has 1 amide bonds. The monoisotopic (exact) mass is 930 g/mol. The summed E-state index contributed by atoms with van der Waals surface area (Å²) in [5, 5.41) is 54.2. The Bertz CT molecular complexity index is 1220. The van der Waals surface area contributed by atoms with Crippen LogP contribution in [0.5, 0.6) is 0 Å². The molecule has 1 aliphatic rings. The molecule has 0 radical (unpaired) electrons. The molecule has 9 nitrogen and oxygen atoms in total. The molecule has 0 aromatic rings. The highest BCUT2D eigenvalue weighted by molar-refractivity contribution is 5.76. The van der Waals surface area contributed by atoms with Crippen molar-refractivity contribution in [1.29, 1.82) is 0 Å². The van der Waals surface area contributed by atoms with E-state index in [0.717, 1.165) is 64.2 Å². The minimum atomic E-state index is -1.57. The van der Waals surface area contributed by atoms with Crippen LogP contribution in [0.4, 0.5) is 0 Å². The summed E-state index contributed by atoms with van der Waals surface area (Å²) in [6.07, 6.45) is 55.9. The first-order valence-electron chi connectivity index (χ1n) is 27.5. The lowest BCUT2D eigenvalue weighted by atomic mass is 9.99. The largest absolute Gasteiger partial charge is 0.394 e. The van der Waals surface area contributed by atoms with E-state index >= 15 is 0 Å². The Morgan fingerprint density at radius 1 is 0.530 bits per heavy atom. The molecule has 1 rings (SSSR count). The molecule has 0 aromatic carbocycles. The van der Waals surface area contributed by atoms with Crippen LogP contribution in [0.15, 0.2) is 60.8 Å². The first-order chi connectivity index (χ1) is 32.3. The van der Waals surface area contributed by atoms with Crippen LogP contribution in [0, 0.1) is 0 Å². The smallest absolute Gasteiger partial charge is 0.220 e. The fourth-order valence-corrected chi connectivity index (χ4v) is 8.50. The Balaban J connectivity index is 2.09. The van der Waals surface area contributed by atoms with Crippen LogP contribution in [0.2, 0.25) is 0 Å². The number of amides is 1. The summed E-state index contributed by atoms with van der Waals surface area (Å²) in [5.74, 6) is -0.177. The molecule has 0 spiro atoms. The second kappa shape index (κ2) is 46.6. The molecule has 0 saturated carbocycles. The number of carbonyl (C=O) groups excluding carboxylic acids is 1. The Morgan fingerprint density at radius 2 is 0.939 bits per heavy atom. The van der Waals surface area contributed by atoms with Crippen molar-refractivity contribution in [2.75, 3.05) is 13.2 Å². The number of nitrogens with one attached hydrogen (secondary N) is 1. The molecule has 0 bridgehead atoms. The van der Waals surface area contributed by atoms with E-state index in [1.165, 1.54) is 154 Å². The molecule has 384 valence electrons. The minimum Gasteiger partial charge on any atom is -0.394 e. The molecule has 1 fully saturated rings. The average molecular weight is 930 g/mol. The molecule has 1 saturated heterocycles. The van der Waals surface area contributed by atoms with Gasteiger partial charge in [0, 0.05) is 6.42 Å². The summed E-state index contributed by atoms with van der Waals surface area (Å²) in [5.41, 5.74) is 0. The molecule has 9 heteroatoms. The van der Waals surface area contributed by atoms with Crippen molar-refractivity contribution in [2.24, 2.45) is 0 Å². The van der Waals surface area contributed by atoms with Gasteiger partial charge in [0.05, 0.1) is 25.4 Å². The summed E-state index contributed by atoms with van der Waals surface area (Å²) < 4.78 is 11.2. The fourth-order valence-electron chi connectivity index (χ4n) is 8.50. The van der Waals surface area contributed by atoms with E-state index in [1.807, 2.05) is 6.08 Å². The lowest BCUT2D eigenvalue weighted by Crippen LogP contribution is -2.60. The molecule has 7 unspecified atom stereocenters. The maximum Gasteiger partial charge on any atom is 0.220 e. The molecular formula is C57H103NO8. The van der Waals surface area contributed by atoms with E-state index in [4.69, 9.17) is 9.47 Å². The topological polar surface area (TPSA) is 149 Å². The normalized spacial score (nSPS) is 20.3. The summed E-state index contributed by atoms with van der Waals surface area (Å²) in [4.78, 5) is 13.0. The average Bonchev–Trinajstić information content (AvgIpc) is 3.32. The zero-order valence-electron chi connectivity index (χ0n) is 42.4. The van der Waals surface area contributed by atoms with Gasteiger partial charge in [-0.05, 0) is 57.8 Å². The maximum atomic E-state index is 13.0. The quantitative estimate of drug-likeness (QED) is 0.0261. The Hall–Kier alpha value is -2.11. The van der Waals surface area contributed by atoms with E-state index in [2.05, 4.69) is 67.8 Å². The van der Waals surface area contributed by atoms with Crippen molar-refractivity contribution >= 4 is 5.91 Å². The van der Waals surface area contributed by atoms with Crippen LogP contribution in [0.25, 0.3) is 0 Å². The summed E-state index contributed by atoms with van der Waals surface area (Å²) in [6.45, 7) is 3.64. The molecule has 1 heterocycles. The highest BCUT2D eigenvalue weighted by Gasteiger charge is 2.44. The van der Waals surface area contributed by atoms with Gasteiger partial charge in [-0.25, -0.2) is 0 Å². The van der Waals surface area contributed by atoms with Crippen molar-refractivity contribution < 1.29 is 39.8 Å². The second-order valence-electron chi connectivity index (χ2n) is 19.0. The van der Waals surface area contributed by atoms with Gasteiger partial charge in [-0.1, -0.05) is 235 Å². The second-order valence-corrected chi connectivity index (χ2v) is 19.0. The molecule has 1 aliphatic heterocycles. The molecule has 66 heavy (non-hydrogen) atoms. The zero-order valence-corrected chi connectivity index (χ0v) is 42.4. The molecule has 0 aromatic heterocycles. The van der Waals surface area contributed by atoms with Crippen molar-refractivity contribution in [3.8, 4) is 0 Å². The lowest BCUT2D eigenvalue weighted by Gasteiger charge is -2.40. The highest BCUT2D eigenvalue weighted by atomic mass is 16.7. The Labute approximate surface area is 405 Å². The first-order valence-corrected chi connectivity index (χ1v) is 27.5. The standard InChI is InChI=1S/C57H103NO8/c1-3-5-7-9-11-13-15-16-17-18-19-20-21-22-23-24-25-26-27-28-29-30-31-32-33-34-35-36-37-39-41-43-45-47-53(61)58-50(49-65-57-56(64)55(63)54(62)52(48-59)66-57)51(60)46-44-42-40-38-14-12-10-8-6-4-2/h5,7,11,13,16-17,19-20,44,46,50-52,54-57,59-60,62-64H,3-4,6,8-10,12,14-15,18,21-43,45,47-49H2,1-2H3,(H,58,61)/b7-5-,13-11-,17-16-,20-19-,46-44+. The van der Waals surface area contributed by atoms with Gasteiger partial charge in [0.2, 0.25) is 5.91 Å². The number of hydrogen-bond acceptors (Lipinski definition) is 8. The van der Waals surface area contributed by atoms with Gasteiger partial charge in [-0.2, -0.15) is 0 Å². The number of aliphatic hydroxyl groups excluding tert-OH is 5. The number of aliphatic hydroxyl groups is 5. The van der Waals surface area contributed by atoms with Gasteiger partial charge < -0.3 is 40.3 Å². The van der Waals surface area contributed by atoms with Crippen LogP contribution >= 0.6 is 0 Å². The van der Waals surface area contributed by atoms with Gasteiger partial charge in [-0.15, -0.1) is 0 Å². The van der Waals surface area contributed by atoms with Crippen LogP contribution in [0.3, 0.4) is 0 Å². The first kappa shape index (κ1) is 61.9. The van der Waals surface area contributed by atoms with Gasteiger partial charge in [0.1, 0.15) is 24.4 Å². The van der Waals surface area contributed by atoms with E-state index in [0.29, 0.717) is 6.42 Å². The van der Waals surface area contributed by atoms with Gasteiger partial charge in [0.15, 0.2) is 6.29 Å². The predicted molar refractivity (Wildman–Crippen MR) is 276 cm³/mol. The Kier molecular flexibility index (Phi) is 43.7. The number of carbonyl (C=O) groups is 1. The summed E-state index contributed by atoms with van der Waals surface area (Å²) in [6, 6.07) is -0.803. The number of hydrogen-bond donors (Lipinski definition) is 6. The van der Waals surface area contributed by atoms with Crippen LogP contribution in [-0.2, 0) is 14.3 Å². The number of unbranched alkanes of at least 4 members (excludes halogenated alkanes) is 28. The molecule has 7 atom stereocenters. The number of ether oxygens (including phenoxy) is 2. The minimum absolute atomic E-state index is 0.177. The van der Waals surface area contributed by atoms with Gasteiger partial charge in [-0.3, -0.25) is 4.79 Å². The van der Waals surface area contributed by atoms with E-state index in [1.54, 1.807) is 6.08 Å². The molecule has 0 aliphatic carbocycles.